The van der Waals surface area contributed by atoms with Crippen molar-refractivity contribution >= 4 is 11.9 Å². The van der Waals surface area contributed by atoms with E-state index in [0.29, 0.717) is 32.1 Å². The van der Waals surface area contributed by atoms with Gasteiger partial charge in [0.05, 0.1) is 13.2 Å². The van der Waals surface area contributed by atoms with E-state index in [4.69, 9.17) is 9.15 Å². The maximum Gasteiger partial charge on any atom is 0.316 e. The molecule has 1 unspecified atom stereocenters. The molecule has 1 atom stereocenters. The van der Waals surface area contributed by atoms with Crippen LogP contribution in [0.2, 0.25) is 0 Å². The number of rotatable bonds is 10. The first kappa shape index (κ1) is 16.4. The molecule has 8 nitrogen and oxygen atoms in total. The van der Waals surface area contributed by atoms with E-state index in [1.54, 1.807) is 14.0 Å². The van der Waals surface area contributed by atoms with E-state index in [-0.39, 0.29) is 11.9 Å². The van der Waals surface area contributed by atoms with Gasteiger partial charge >= 0.3 is 6.01 Å². The van der Waals surface area contributed by atoms with Gasteiger partial charge in [0, 0.05) is 20.2 Å². The fourth-order valence-electron chi connectivity index (χ4n) is 1.40. The first-order chi connectivity index (χ1) is 9.67. The van der Waals surface area contributed by atoms with Crippen molar-refractivity contribution in [1.82, 2.24) is 20.8 Å². The first-order valence-corrected chi connectivity index (χ1v) is 6.73. The Balaban J connectivity index is 2.33. The van der Waals surface area contributed by atoms with Gasteiger partial charge in [-0.2, -0.15) is 0 Å². The van der Waals surface area contributed by atoms with Crippen molar-refractivity contribution in [3.05, 3.63) is 5.89 Å². The molecular weight excluding hydrogens is 262 g/mol. The summed E-state index contributed by atoms with van der Waals surface area (Å²) in [6, 6.07) is -0.177. The summed E-state index contributed by atoms with van der Waals surface area (Å²) in [6.45, 7) is 6.19. The van der Waals surface area contributed by atoms with Crippen LogP contribution < -0.4 is 16.0 Å². The quantitative estimate of drug-likeness (QED) is 0.525. The molecule has 1 heterocycles. The maximum absolute atomic E-state index is 11.7. The van der Waals surface area contributed by atoms with Gasteiger partial charge in [-0.15, -0.1) is 5.10 Å². The molecule has 1 amide bonds. The minimum atomic E-state index is -0.420. The molecule has 20 heavy (non-hydrogen) atoms. The summed E-state index contributed by atoms with van der Waals surface area (Å²) in [5.74, 6) is 0.370. The molecule has 0 aliphatic carbocycles. The van der Waals surface area contributed by atoms with E-state index in [9.17, 15) is 4.79 Å². The fraction of sp³-hybridized carbons (Fsp3) is 0.750. The zero-order chi connectivity index (χ0) is 14.8. The zero-order valence-electron chi connectivity index (χ0n) is 12.2. The van der Waals surface area contributed by atoms with Gasteiger partial charge in [0.1, 0.15) is 6.04 Å². The molecule has 0 saturated heterocycles. The van der Waals surface area contributed by atoms with Crippen LogP contribution in [0.1, 0.15) is 26.2 Å². The Bertz CT molecular complexity index is 396. The van der Waals surface area contributed by atoms with Crippen molar-refractivity contribution in [3.8, 4) is 0 Å². The highest BCUT2D eigenvalue weighted by molar-refractivity contribution is 5.83. The fourth-order valence-corrected chi connectivity index (χ4v) is 1.40. The third-order valence-electron chi connectivity index (χ3n) is 2.51. The average Bonchev–Trinajstić information content (AvgIpc) is 2.88. The van der Waals surface area contributed by atoms with Crippen LogP contribution in [0.5, 0.6) is 0 Å². The van der Waals surface area contributed by atoms with Gasteiger partial charge in [-0.1, -0.05) is 12.0 Å². The Morgan fingerprint density at radius 3 is 2.90 bits per heavy atom. The van der Waals surface area contributed by atoms with Crippen LogP contribution >= 0.6 is 0 Å². The van der Waals surface area contributed by atoms with E-state index in [1.807, 2.05) is 6.92 Å². The van der Waals surface area contributed by atoms with Crippen molar-refractivity contribution in [2.75, 3.05) is 32.1 Å². The Hall–Kier alpha value is -1.67. The summed E-state index contributed by atoms with van der Waals surface area (Å²) in [5.41, 5.74) is 0. The Kier molecular flexibility index (Phi) is 7.59. The highest BCUT2D eigenvalue weighted by Gasteiger charge is 2.15. The summed E-state index contributed by atoms with van der Waals surface area (Å²) < 4.78 is 10.3. The zero-order valence-corrected chi connectivity index (χ0v) is 12.2. The molecule has 0 aromatic carbocycles. The highest BCUT2D eigenvalue weighted by atomic mass is 16.5. The largest absolute Gasteiger partial charge is 0.407 e. The summed E-state index contributed by atoms with van der Waals surface area (Å²) in [5, 5.41) is 16.5. The van der Waals surface area contributed by atoms with E-state index in [2.05, 4.69) is 26.1 Å². The SMILES string of the molecule is CCCNC(=O)C(C)Nc1nnc(CNCCOC)o1. The summed E-state index contributed by atoms with van der Waals surface area (Å²) >= 11 is 0. The number of anilines is 1. The second kappa shape index (κ2) is 9.27. The van der Waals surface area contributed by atoms with Crippen LogP contribution in [0, 0.1) is 0 Å². The van der Waals surface area contributed by atoms with Crippen molar-refractivity contribution in [1.29, 1.82) is 0 Å². The monoisotopic (exact) mass is 285 g/mol. The lowest BCUT2D eigenvalue weighted by Gasteiger charge is -2.11. The predicted molar refractivity (Wildman–Crippen MR) is 74.3 cm³/mol. The Morgan fingerprint density at radius 2 is 2.20 bits per heavy atom. The number of methoxy groups -OCH3 is 1. The Labute approximate surface area is 118 Å². The lowest BCUT2D eigenvalue weighted by atomic mass is 10.3. The van der Waals surface area contributed by atoms with Crippen LogP contribution in [-0.4, -0.2) is 49.0 Å². The minimum Gasteiger partial charge on any atom is -0.407 e. The number of hydrogen-bond donors (Lipinski definition) is 3. The topological polar surface area (TPSA) is 101 Å². The molecule has 0 spiro atoms. The Morgan fingerprint density at radius 1 is 1.40 bits per heavy atom. The van der Waals surface area contributed by atoms with E-state index in [1.165, 1.54) is 0 Å². The molecule has 0 saturated carbocycles. The second-order valence-corrected chi connectivity index (χ2v) is 4.33. The number of amides is 1. The molecule has 0 aliphatic heterocycles. The predicted octanol–water partition coefficient (Wildman–Crippen LogP) is 0.132. The molecule has 0 aliphatic rings. The minimum absolute atomic E-state index is 0.0928. The number of aromatic nitrogens is 2. The normalized spacial score (nSPS) is 12.2. The number of nitrogens with zero attached hydrogens (tertiary/aromatic N) is 2. The van der Waals surface area contributed by atoms with Crippen LogP contribution in [0.15, 0.2) is 4.42 Å². The van der Waals surface area contributed by atoms with Gasteiger partial charge in [0.15, 0.2) is 0 Å². The van der Waals surface area contributed by atoms with Crippen LogP contribution in [-0.2, 0) is 16.1 Å². The van der Waals surface area contributed by atoms with Gasteiger partial charge in [0.2, 0.25) is 11.8 Å². The smallest absolute Gasteiger partial charge is 0.316 e. The van der Waals surface area contributed by atoms with Gasteiger partial charge in [-0.25, -0.2) is 0 Å². The molecule has 0 fully saturated rings. The van der Waals surface area contributed by atoms with Crippen LogP contribution in [0.25, 0.3) is 0 Å². The second-order valence-electron chi connectivity index (χ2n) is 4.33. The number of nitrogens with one attached hydrogen (secondary N) is 3. The first-order valence-electron chi connectivity index (χ1n) is 6.73. The lowest BCUT2D eigenvalue weighted by molar-refractivity contribution is -0.121. The van der Waals surface area contributed by atoms with Gasteiger partial charge in [0.25, 0.3) is 0 Å². The molecule has 3 N–H and O–H groups in total. The third-order valence-corrected chi connectivity index (χ3v) is 2.51. The summed E-state index contributed by atoms with van der Waals surface area (Å²) in [7, 11) is 1.64. The number of carbonyl (C=O) groups excluding carboxylic acids is 1. The number of hydrogen-bond acceptors (Lipinski definition) is 7. The van der Waals surface area contributed by atoms with Crippen molar-refractivity contribution in [2.45, 2.75) is 32.9 Å². The van der Waals surface area contributed by atoms with Gasteiger partial charge in [-0.3, -0.25) is 4.79 Å². The maximum atomic E-state index is 11.7. The molecular formula is C12H23N5O3. The van der Waals surface area contributed by atoms with Crippen molar-refractivity contribution in [3.63, 3.8) is 0 Å². The molecule has 0 radical (unpaired) electrons. The molecule has 8 heteroatoms. The van der Waals surface area contributed by atoms with E-state index >= 15 is 0 Å². The summed E-state index contributed by atoms with van der Waals surface area (Å²) in [4.78, 5) is 11.7. The third kappa shape index (κ3) is 5.98. The van der Waals surface area contributed by atoms with Crippen molar-refractivity contribution < 1.29 is 13.9 Å². The van der Waals surface area contributed by atoms with Crippen LogP contribution in [0.3, 0.4) is 0 Å². The van der Waals surface area contributed by atoms with Gasteiger partial charge < -0.3 is 25.1 Å². The van der Waals surface area contributed by atoms with Crippen LogP contribution in [0.4, 0.5) is 6.01 Å². The number of carbonyl (C=O) groups is 1. The average molecular weight is 285 g/mol. The molecule has 0 bridgehead atoms. The lowest BCUT2D eigenvalue weighted by Crippen LogP contribution is -2.37. The van der Waals surface area contributed by atoms with E-state index in [0.717, 1.165) is 6.42 Å². The summed E-state index contributed by atoms with van der Waals surface area (Å²) in [6.07, 6.45) is 0.899. The van der Waals surface area contributed by atoms with E-state index < -0.39 is 6.04 Å². The van der Waals surface area contributed by atoms with Crippen molar-refractivity contribution in [2.24, 2.45) is 0 Å². The molecule has 114 valence electrons. The molecule has 1 aromatic rings. The number of ether oxygens (including phenoxy) is 1. The highest BCUT2D eigenvalue weighted by Crippen LogP contribution is 2.06. The van der Waals surface area contributed by atoms with Gasteiger partial charge in [-0.05, 0) is 13.3 Å². The molecule has 1 rings (SSSR count). The molecule has 1 aromatic heterocycles. The standard InChI is InChI=1S/C12H23N5O3/c1-4-5-14-11(18)9(2)15-12-17-16-10(20-12)8-13-6-7-19-3/h9,13H,4-8H2,1-3H3,(H,14,18)(H,15,17).